The minimum Gasteiger partial charge on any atom is -0.352 e. The fourth-order valence-electron chi connectivity index (χ4n) is 3.46. The van der Waals surface area contributed by atoms with E-state index in [0.717, 1.165) is 40.7 Å². The van der Waals surface area contributed by atoms with E-state index in [-0.39, 0.29) is 5.91 Å². The van der Waals surface area contributed by atoms with Gasteiger partial charge in [0.05, 0.1) is 21.7 Å². The van der Waals surface area contributed by atoms with E-state index in [2.05, 4.69) is 48.6 Å². The third kappa shape index (κ3) is 4.72. The molecule has 0 bridgehead atoms. The molecule has 146 valence electrons. The Bertz CT molecular complexity index is 1120. The minimum atomic E-state index is -0.0298. The van der Waals surface area contributed by atoms with Crippen LogP contribution in [-0.4, -0.2) is 17.4 Å². The molecule has 4 rings (SSSR count). The zero-order valence-corrected chi connectivity index (χ0v) is 17.3. The predicted octanol–water partition coefficient (Wildman–Crippen LogP) is 6.02. The van der Waals surface area contributed by atoms with Crippen molar-refractivity contribution in [2.45, 2.75) is 26.2 Å². The van der Waals surface area contributed by atoms with Gasteiger partial charge in [0, 0.05) is 16.8 Å². The fourth-order valence-corrected chi connectivity index (χ4v) is 4.29. The molecule has 2 aromatic heterocycles. The lowest BCUT2D eigenvalue weighted by molar-refractivity contribution is 0.0954. The molecule has 0 saturated carbocycles. The average molecular weight is 401 g/mol. The quantitative estimate of drug-likeness (QED) is 0.385. The molecule has 4 heteroatoms. The number of aromatic nitrogens is 1. The molecule has 0 radical (unpaired) electrons. The van der Waals surface area contributed by atoms with Gasteiger partial charge in [0.15, 0.2) is 0 Å². The number of amides is 1. The molecule has 0 aliphatic rings. The number of para-hydroxylation sites is 1. The molecule has 29 heavy (non-hydrogen) atoms. The van der Waals surface area contributed by atoms with E-state index in [0.29, 0.717) is 12.1 Å². The highest BCUT2D eigenvalue weighted by molar-refractivity contribution is 7.15. The van der Waals surface area contributed by atoms with Gasteiger partial charge < -0.3 is 5.32 Å². The van der Waals surface area contributed by atoms with Crippen LogP contribution in [0.5, 0.6) is 0 Å². The average Bonchev–Trinajstić information content (AvgIpc) is 3.19. The molecule has 0 atom stereocenters. The molecule has 0 spiro atoms. The highest BCUT2D eigenvalue weighted by atomic mass is 32.1. The first kappa shape index (κ1) is 19.3. The molecule has 0 aliphatic carbocycles. The number of benzene rings is 2. The number of hydrogen-bond donors (Lipinski definition) is 1. The molecule has 0 aliphatic heterocycles. The molecule has 1 N–H and O–H groups in total. The van der Waals surface area contributed by atoms with Crippen molar-refractivity contribution in [1.29, 1.82) is 0 Å². The topological polar surface area (TPSA) is 42.0 Å². The van der Waals surface area contributed by atoms with Crippen LogP contribution in [0.2, 0.25) is 0 Å². The number of hydrogen-bond acceptors (Lipinski definition) is 3. The molecule has 4 aromatic rings. The summed E-state index contributed by atoms with van der Waals surface area (Å²) in [6.45, 7) is 2.76. The van der Waals surface area contributed by atoms with E-state index in [1.807, 2.05) is 36.4 Å². The third-order valence-corrected chi connectivity index (χ3v) is 6.00. The van der Waals surface area contributed by atoms with Gasteiger partial charge in [-0.25, -0.2) is 4.98 Å². The van der Waals surface area contributed by atoms with Gasteiger partial charge in [0.2, 0.25) is 0 Å². The Morgan fingerprint density at radius 2 is 1.76 bits per heavy atom. The standard InChI is InChI=1S/C25H24N2OS/c1-18-14-15-24(29-18)23-17-21(20-12-5-6-13-22(20)27-23)25(28)26-16-8-7-11-19-9-3-2-4-10-19/h2-6,9-10,12-15,17H,7-8,11,16H2,1H3,(H,26,28). The zero-order valence-electron chi connectivity index (χ0n) is 16.5. The van der Waals surface area contributed by atoms with Crippen LogP contribution in [0.1, 0.15) is 33.6 Å². The highest BCUT2D eigenvalue weighted by Crippen LogP contribution is 2.29. The van der Waals surface area contributed by atoms with Crippen LogP contribution in [0.25, 0.3) is 21.5 Å². The van der Waals surface area contributed by atoms with Gasteiger partial charge in [0.25, 0.3) is 5.91 Å². The zero-order chi connectivity index (χ0) is 20.1. The summed E-state index contributed by atoms with van der Waals surface area (Å²) in [6.07, 6.45) is 3.05. The predicted molar refractivity (Wildman–Crippen MR) is 122 cm³/mol. The van der Waals surface area contributed by atoms with Gasteiger partial charge in [-0.05, 0) is 56.0 Å². The molecule has 0 fully saturated rings. The largest absolute Gasteiger partial charge is 0.352 e. The number of nitrogens with one attached hydrogen (secondary N) is 1. The summed E-state index contributed by atoms with van der Waals surface area (Å²) in [5.41, 5.74) is 3.75. The number of aryl methyl sites for hydroxylation is 2. The maximum Gasteiger partial charge on any atom is 0.252 e. The van der Waals surface area contributed by atoms with Crippen LogP contribution >= 0.6 is 11.3 Å². The lowest BCUT2D eigenvalue weighted by Gasteiger charge is -2.10. The van der Waals surface area contributed by atoms with Crippen molar-refractivity contribution in [2.24, 2.45) is 0 Å². The maximum atomic E-state index is 12.9. The first-order chi connectivity index (χ1) is 14.2. The van der Waals surface area contributed by atoms with E-state index in [1.54, 1.807) is 11.3 Å². The van der Waals surface area contributed by atoms with Crippen molar-refractivity contribution in [2.75, 3.05) is 6.54 Å². The SMILES string of the molecule is Cc1ccc(-c2cc(C(=O)NCCCCc3ccccc3)c3ccccc3n2)s1. The molecule has 0 unspecified atom stereocenters. The van der Waals surface area contributed by atoms with E-state index in [1.165, 1.54) is 10.4 Å². The van der Waals surface area contributed by atoms with Gasteiger partial charge in [-0.3, -0.25) is 4.79 Å². The van der Waals surface area contributed by atoms with Gasteiger partial charge in [0.1, 0.15) is 0 Å². The Balaban J connectivity index is 1.46. The minimum absolute atomic E-state index is 0.0298. The second-order valence-electron chi connectivity index (χ2n) is 7.18. The highest BCUT2D eigenvalue weighted by Gasteiger charge is 2.14. The number of rotatable bonds is 7. The van der Waals surface area contributed by atoms with Gasteiger partial charge >= 0.3 is 0 Å². The van der Waals surface area contributed by atoms with Gasteiger partial charge in [-0.15, -0.1) is 11.3 Å². The van der Waals surface area contributed by atoms with Gasteiger partial charge in [-0.2, -0.15) is 0 Å². The van der Waals surface area contributed by atoms with Crippen molar-refractivity contribution in [3.63, 3.8) is 0 Å². The number of carbonyl (C=O) groups is 1. The summed E-state index contributed by atoms with van der Waals surface area (Å²) in [5.74, 6) is -0.0298. The van der Waals surface area contributed by atoms with Crippen LogP contribution in [0.15, 0.2) is 72.8 Å². The Morgan fingerprint density at radius 3 is 2.55 bits per heavy atom. The van der Waals surface area contributed by atoms with Crippen molar-refractivity contribution < 1.29 is 4.79 Å². The van der Waals surface area contributed by atoms with Crippen molar-refractivity contribution in [3.05, 3.63) is 88.8 Å². The number of fused-ring (bicyclic) bond motifs is 1. The van der Waals surface area contributed by atoms with Crippen molar-refractivity contribution in [1.82, 2.24) is 10.3 Å². The third-order valence-electron chi connectivity index (χ3n) is 4.97. The van der Waals surface area contributed by atoms with Crippen molar-refractivity contribution in [3.8, 4) is 10.6 Å². The summed E-state index contributed by atoms with van der Waals surface area (Å²) in [6, 6.07) is 24.4. The molecular formula is C25H24N2OS. The first-order valence-electron chi connectivity index (χ1n) is 9.99. The molecule has 0 saturated heterocycles. The monoisotopic (exact) mass is 400 g/mol. The second kappa shape index (κ2) is 9.01. The maximum absolute atomic E-state index is 12.9. The number of nitrogens with zero attached hydrogens (tertiary/aromatic N) is 1. The van der Waals surface area contributed by atoms with E-state index < -0.39 is 0 Å². The molecule has 2 heterocycles. The first-order valence-corrected chi connectivity index (χ1v) is 10.8. The summed E-state index contributed by atoms with van der Waals surface area (Å²) >= 11 is 1.70. The lowest BCUT2D eigenvalue weighted by Crippen LogP contribution is -2.25. The normalized spacial score (nSPS) is 10.9. The van der Waals surface area contributed by atoms with E-state index >= 15 is 0 Å². The number of thiophene rings is 1. The van der Waals surface area contributed by atoms with Crippen molar-refractivity contribution >= 4 is 28.1 Å². The van der Waals surface area contributed by atoms with E-state index in [4.69, 9.17) is 4.98 Å². The summed E-state index contributed by atoms with van der Waals surface area (Å²) < 4.78 is 0. The number of pyridine rings is 1. The van der Waals surface area contributed by atoms with Crippen LogP contribution in [0, 0.1) is 6.92 Å². The summed E-state index contributed by atoms with van der Waals surface area (Å²) in [4.78, 5) is 20.0. The molecular weight excluding hydrogens is 376 g/mol. The van der Waals surface area contributed by atoms with Crippen LogP contribution in [-0.2, 0) is 6.42 Å². The fraction of sp³-hybridized carbons (Fsp3) is 0.200. The van der Waals surface area contributed by atoms with Crippen LogP contribution in [0.3, 0.4) is 0 Å². The summed E-state index contributed by atoms with van der Waals surface area (Å²) in [5, 5.41) is 3.99. The van der Waals surface area contributed by atoms with Crippen LogP contribution in [0.4, 0.5) is 0 Å². The summed E-state index contributed by atoms with van der Waals surface area (Å²) in [7, 11) is 0. The second-order valence-corrected chi connectivity index (χ2v) is 8.47. The Morgan fingerprint density at radius 1 is 0.966 bits per heavy atom. The molecule has 3 nitrogen and oxygen atoms in total. The number of carbonyl (C=O) groups excluding carboxylic acids is 1. The van der Waals surface area contributed by atoms with Crippen LogP contribution < -0.4 is 5.32 Å². The molecule has 1 amide bonds. The Kier molecular flexibility index (Phi) is 6.01. The van der Waals surface area contributed by atoms with Gasteiger partial charge in [-0.1, -0.05) is 48.5 Å². The molecule has 2 aromatic carbocycles. The number of unbranched alkanes of at least 4 members (excludes halogenated alkanes) is 1. The Hall–Kier alpha value is -2.98. The lowest BCUT2D eigenvalue weighted by atomic mass is 10.1. The Labute approximate surface area is 175 Å². The smallest absolute Gasteiger partial charge is 0.252 e. The van der Waals surface area contributed by atoms with E-state index in [9.17, 15) is 4.79 Å².